The number of nitrogens with one attached hydrogen (secondary N) is 1. The van der Waals surface area contributed by atoms with E-state index in [0.717, 1.165) is 10.9 Å². The Morgan fingerprint density at radius 2 is 2.07 bits per heavy atom. The summed E-state index contributed by atoms with van der Waals surface area (Å²) in [5, 5.41) is 3.24. The Morgan fingerprint density at radius 1 is 1.40 bits per heavy atom. The summed E-state index contributed by atoms with van der Waals surface area (Å²) < 4.78 is 14.3. The fourth-order valence-electron chi connectivity index (χ4n) is 1.56. The van der Waals surface area contributed by atoms with Gasteiger partial charge in [0.05, 0.1) is 5.69 Å². The number of hydrogen-bond donors (Lipinski definition) is 1. The first-order valence-corrected chi connectivity index (χ1v) is 6.06. The molecule has 1 N–H and O–H groups in total. The van der Waals surface area contributed by atoms with Crippen LogP contribution >= 0.6 is 15.9 Å². The second kappa shape index (κ2) is 5.50. The Balaban J connectivity index is 2.87. The summed E-state index contributed by atoms with van der Waals surface area (Å²) in [6.45, 7) is 6.37. The summed E-state index contributed by atoms with van der Waals surface area (Å²) in [7, 11) is 0. The van der Waals surface area contributed by atoms with E-state index < -0.39 is 0 Å². The van der Waals surface area contributed by atoms with Gasteiger partial charge in [0, 0.05) is 10.5 Å². The second-order valence-electron chi connectivity index (χ2n) is 4.00. The molecule has 3 heteroatoms. The molecule has 0 bridgehead atoms. The van der Waals surface area contributed by atoms with Crippen molar-refractivity contribution in [1.82, 2.24) is 0 Å². The van der Waals surface area contributed by atoms with E-state index in [4.69, 9.17) is 0 Å². The molecule has 0 radical (unpaired) electrons. The lowest BCUT2D eigenvalue weighted by molar-refractivity contribution is 0.506. The van der Waals surface area contributed by atoms with Gasteiger partial charge in [0.25, 0.3) is 0 Å². The summed E-state index contributed by atoms with van der Waals surface area (Å²) in [4.78, 5) is 0. The standard InChI is InChI=1S/C12H17BrFN/c1-4-11(8(2)3)15-12-9(13)6-5-7-10(12)14/h5-8,11,15H,4H2,1-3H3. The molecule has 0 spiro atoms. The summed E-state index contributed by atoms with van der Waals surface area (Å²) in [5.41, 5.74) is 0.568. The molecule has 0 heterocycles. The molecule has 84 valence electrons. The number of halogens is 2. The molecule has 0 aromatic heterocycles. The molecule has 1 aromatic rings. The van der Waals surface area contributed by atoms with E-state index in [2.05, 4.69) is 42.0 Å². The van der Waals surface area contributed by atoms with Gasteiger partial charge in [-0.1, -0.05) is 26.8 Å². The molecule has 1 atom stereocenters. The fraction of sp³-hybridized carbons (Fsp3) is 0.500. The van der Waals surface area contributed by atoms with E-state index in [1.807, 2.05) is 6.07 Å². The first-order valence-electron chi connectivity index (χ1n) is 5.26. The quantitative estimate of drug-likeness (QED) is 0.856. The first-order chi connectivity index (χ1) is 7.06. The zero-order valence-electron chi connectivity index (χ0n) is 9.35. The Hall–Kier alpha value is -0.570. The third-order valence-corrected chi connectivity index (χ3v) is 3.20. The van der Waals surface area contributed by atoms with Crippen LogP contribution in [0.1, 0.15) is 27.2 Å². The van der Waals surface area contributed by atoms with Gasteiger partial charge in [0.1, 0.15) is 5.82 Å². The molecule has 0 amide bonds. The van der Waals surface area contributed by atoms with Gasteiger partial charge in [-0.2, -0.15) is 0 Å². The van der Waals surface area contributed by atoms with E-state index in [1.165, 1.54) is 6.07 Å². The Labute approximate surface area is 99.2 Å². The van der Waals surface area contributed by atoms with E-state index in [0.29, 0.717) is 17.6 Å². The lowest BCUT2D eigenvalue weighted by Crippen LogP contribution is -2.25. The van der Waals surface area contributed by atoms with Gasteiger partial charge < -0.3 is 5.32 Å². The second-order valence-corrected chi connectivity index (χ2v) is 4.85. The Bertz CT molecular complexity index is 305. The largest absolute Gasteiger partial charge is 0.379 e. The SMILES string of the molecule is CCC(Nc1c(F)cccc1Br)C(C)C. The summed E-state index contributed by atoms with van der Waals surface area (Å²) in [5.74, 6) is 0.282. The molecule has 1 aromatic carbocycles. The highest BCUT2D eigenvalue weighted by Crippen LogP contribution is 2.27. The maximum atomic E-state index is 13.5. The van der Waals surface area contributed by atoms with Gasteiger partial charge in [-0.3, -0.25) is 0 Å². The molecule has 0 saturated carbocycles. The number of benzene rings is 1. The van der Waals surface area contributed by atoms with Crippen LogP contribution in [0.3, 0.4) is 0 Å². The topological polar surface area (TPSA) is 12.0 Å². The Morgan fingerprint density at radius 3 is 2.53 bits per heavy atom. The van der Waals surface area contributed by atoms with Gasteiger partial charge in [-0.15, -0.1) is 0 Å². The molecule has 15 heavy (non-hydrogen) atoms. The highest BCUT2D eigenvalue weighted by atomic mass is 79.9. The maximum absolute atomic E-state index is 13.5. The van der Waals surface area contributed by atoms with Crippen molar-refractivity contribution in [3.8, 4) is 0 Å². The zero-order chi connectivity index (χ0) is 11.4. The molecule has 0 aliphatic carbocycles. The van der Waals surface area contributed by atoms with E-state index in [1.54, 1.807) is 6.07 Å². The third kappa shape index (κ3) is 3.20. The molecule has 1 rings (SSSR count). The van der Waals surface area contributed by atoms with E-state index >= 15 is 0 Å². The summed E-state index contributed by atoms with van der Waals surface area (Å²) in [6.07, 6.45) is 0.985. The minimum atomic E-state index is -0.205. The van der Waals surface area contributed by atoms with Crippen molar-refractivity contribution < 1.29 is 4.39 Å². The predicted molar refractivity (Wildman–Crippen MR) is 66.6 cm³/mol. The highest BCUT2D eigenvalue weighted by molar-refractivity contribution is 9.10. The van der Waals surface area contributed by atoms with Crippen LogP contribution in [-0.4, -0.2) is 6.04 Å². The third-order valence-electron chi connectivity index (χ3n) is 2.54. The van der Waals surface area contributed by atoms with Crippen LogP contribution in [0.4, 0.5) is 10.1 Å². The molecule has 0 aliphatic heterocycles. The van der Waals surface area contributed by atoms with Crippen LogP contribution in [0.5, 0.6) is 0 Å². The Kier molecular flexibility index (Phi) is 4.58. The molecular weight excluding hydrogens is 257 g/mol. The van der Waals surface area contributed by atoms with Crippen LogP contribution in [0.2, 0.25) is 0 Å². The van der Waals surface area contributed by atoms with E-state index in [9.17, 15) is 4.39 Å². The first kappa shape index (κ1) is 12.5. The minimum absolute atomic E-state index is 0.205. The van der Waals surface area contributed by atoms with Crippen molar-refractivity contribution in [2.45, 2.75) is 33.2 Å². The van der Waals surface area contributed by atoms with Crippen LogP contribution in [0, 0.1) is 11.7 Å². The van der Waals surface area contributed by atoms with Crippen molar-refractivity contribution >= 4 is 21.6 Å². The van der Waals surface area contributed by atoms with Crippen molar-refractivity contribution in [1.29, 1.82) is 0 Å². The average molecular weight is 274 g/mol. The summed E-state index contributed by atoms with van der Waals surface area (Å²) in [6, 6.07) is 5.32. The average Bonchev–Trinajstić information content (AvgIpc) is 2.17. The molecule has 0 saturated heterocycles. The van der Waals surface area contributed by atoms with Crippen molar-refractivity contribution in [2.75, 3.05) is 5.32 Å². The van der Waals surface area contributed by atoms with Gasteiger partial charge >= 0.3 is 0 Å². The van der Waals surface area contributed by atoms with Gasteiger partial charge in [-0.25, -0.2) is 4.39 Å². The molecule has 1 nitrogen and oxygen atoms in total. The van der Waals surface area contributed by atoms with E-state index in [-0.39, 0.29) is 5.82 Å². The number of anilines is 1. The van der Waals surface area contributed by atoms with Crippen LogP contribution < -0.4 is 5.32 Å². The lowest BCUT2D eigenvalue weighted by Gasteiger charge is -2.23. The molecule has 1 unspecified atom stereocenters. The van der Waals surface area contributed by atoms with Crippen molar-refractivity contribution in [2.24, 2.45) is 5.92 Å². The minimum Gasteiger partial charge on any atom is -0.379 e. The predicted octanol–water partition coefficient (Wildman–Crippen LogP) is 4.43. The lowest BCUT2D eigenvalue weighted by atomic mass is 10.0. The van der Waals surface area contributed by atoms with Crippen molar-refractivity contribution in [3.05, 3.63) is 28.5 Å². The van der Waals surface area contributed by atoms with Crippen molar-refractivity contribution in [3.63, 3.8) is 0 Å². The summed E-state index contributed by atoms with van der Waals surface area (Å²) >= 11 is 3.35. The fourth-order valence-corrected chi connectivity index (χ4v) is 2.02. The molecule has 0 aliphatic rings. The molecule has 0 fully saturated rings. The number of rotatable bonds is 4. The zero-order valence-corrected chi connectivity index (χ0v) is 10.9. The van der Waals surface area contributed by atoms with Crippen LogP contribution in [-0.2, 0) is 0 Å². The number of para-hydroxylation sites is 1. The highest BCUT2D eigenvalue weighted by Gasteiger charge is 2.14. The monoisotopic (exact) mass is 273 g/mol. The smallest absolute Gasteiger partial charge is 0.147 e. The normalized spacial score (nSPS) is 12.9. The molecular formula is C12H17BrFN. The maximum Gasteiger partial charge on any atom is 0.147 e. The van der Waals surface area contributed by atoms with Gasteiger partial charge in [-0.05, 0) is 40.4 Å². The van der Waals surface area contributed by atoms with Gasteiger partial charge in [0.2, 0.25) is 0 Å². The van der Waals surface area contributed by atoms with Crippen LogP contribution in [0.15, 0.2) is 22.7 Å². The number of hydrogen-bond acceptors (Lipinski definition) is 1. The van der Waals surface area contributed by atoms with Gasteiger partial charge in [0.15, 0.2) is 0 Å². The van der Waals surface area contributed by atoms with Crippen LogP contribution in [0.25, 0.3) is 0 Å².